The second-order valence-electron chi connectivity index (χ2n) is 2.51. The predicted octanol–water partition coefficient (Wildman–Crippen LogP) is 0.0890. The molecule has 0 saturated carbocycles. The van der Waals surface area contributed by atoms with Crippen molar-refractivity contribution in [3.63, 3.8) is 0 Å². The van der Waals surface area contributed by atoms with Gasteiger partial charge in [0.1, 0.15) is 5.56 Å². The zero-order chi connectivity index (χ0) is 11.6. The van der Waals surface area contributed by atoms with E-state index >= 15 is 0 Å². The monoisotopic (exact) mass is 251 g/mol. The number of pyridine rings is 1. The molecule has 0 aliphatic heterocycles. The first-order valence-electron chi connectivity index (χ1n) is 3.62. The van der Waals surface area contributed by atoms with Gasteiger partial charge in [0.25, 0.3) is 14.6 Å². The quantitative estimate of drug-likeness (QED) is 0.594. The van der Waals surface area contributed by atoms with Crippen LogP contribution in [0.4, 0.5) is 0 Å². The lowest BCUT2D eigenvalue weighted by atomic mass is 10.3. The van der Waals surface area contributed by atoms with Gasteiger partial charge in [0.15, 0.2) is 0 Å². The summed E-state index contributed by atoms with van der Waals surface area (Å²) in [6.45, 7) is 0. The standard InChI is InChI=1S/C7H6ClNO5S/c1-14-7(11)5-2-4(15(8,12)13)3-9-6(5)10/h2-3H,1H3,(H,9,10). The average Bonchev–Trinajstić information content (AvgIpc) is 2.15. The van der Waals surface area contributed by atoms with Gasteiger partial charge in [0, 0.05) is 16.9 Å². The third-order valence-electron chi connectivity index (χ3n) is 1.56. The molecular formula is C7H6ClNO5S. The summed E-state index contributed by atoms with van der Waals surface area (Å²) in [4.78, 5) is 23.8. The number of halogens is 1. The molecule has 0 saturated heterocycles. The molecule has 0 aliphatic rings. The van der Waals surface area contributed by atoms with Gasteiger partial charge < -0.3 is 9.72 Å². The van der Waals surface area contributed by atoms with Gasteiger partial charge in [-0.2, -0.15) is 0 Å². The van der Waals surface area contributed by atoms with E-state index in [0.717, 1.165) is 19.4 Å². The fourth-order valence-corrected chi connectivity index (χ4v) is 1.59. The van der Waals surface area contributed by atoms with E-state index < -0.39 is 26.1 Å². The number of nitrogens with one attached hydrogen (secondary N) is 1. The molecule has 1 rings (SSSR count). The number of aromatic amines is 1. The number of carbonyl (C=O) groups excluding carboxylic acids is 1. The summed E-state index contributed by atoms with van der Waals surface area (Å²) in [5.41, 5.74) is -1.16. The van der Waals surface area contributed by atoms with Crippen molar-refractivity contribution in [2.45, 2.75) is 4.90 Å². The van der Waals surface area contributed by atoms with Gasteiger partial charge in [0.05, 0.1) is 12.0 Å². The van der Waals surface area contributed by atoms with E-state index in [4.69, 9.17) is 10.7 Å². The molecule has 0 fully saturated rings. The molecule has 1 aromatic rings. The number of methoxy groups -OCH3 is 1. The summed E-state index contributed by atoms with van der Waals surface area (Å²) in [7, 11) is 2.11. The molecule has 82 valence electrons. The van der Waals surface area contributed by atoms with Crippen molar-refractivity contribution in [3.05, 3.63) is 28.2 Å². The second kappa shape index (κ2) is 4.03. The van der Waals surface area contributed by atoms with Crippen LogP contribution < -0.4 is 5.56 Å². The van der Waals surface area contributed by atoms with Crippen molar-refractivity contribution in [2.75, 3.05) is 7.11 Å². The summed E-state index contributed by atoms with van der Waals surface area (Å²) in [6.07, 6.45) is 0.900. The smallest absolute Gasteiger partial charge is 0.343 e. The molecule has 6 nitrogen and oxygen atoms in total. The van der Waals surface area contributed by atoms with Crippen LogP contribution in [0.15, 0.2) is 22.0 Å². The van der Waals surface area contributed by atoms with E-state index in [1.54, 1.807) is 0 Å². The van der Waals surface area contributed by atoms with Crippen molar-refractivity contribution in [1.82, 2.24) is 4.98 Å². The predicted molar refractivity (Wildman–Crippen MR) is 51.4 cm³/mol. The van der Waals surface area contributed by atoms with Crippen LogP contribution in [0.5, 0.6) is 0 Å². The third-order valence-corrected chi connectivity index (χ3v) is 2.90. The summed E-state index contributed by atoms with van der Waals surface area (Å²) in [5.74, 6) is -0.932. The Kier molecular flexibility index (Phi) is 3.15. The fourth-order valence-electron chi connectivity index (χ4n) is 0.866. The molecule has 15 heavy (non-hydrogen) atoms. The molecule has 1 aromatic heterocycles. The van der Waals surface area contributed by atoms with Crippen LogP contribution in [-0.4, -0.2) is 26.5 Å². The van der Waals surface area contributed by atoms with Crippen molar-refractivity contribution >= 4 is 25.7 Å². The minimum Gasteiger partial charge on any atom is -0.465 e. The van der Waals surface area contributed by atoms with Crippen molar-refractivity contribution in [3.8, 4) is 0 Å². The minimum atomic E-state index is -3.99. The van der Waals surface area contributed by atoms with E-state index in [0.29, 0.717) is 0 Å². The maximum Gasteiger partial charge on any atom is 0.343 e. The van der Waals surface area contributed by atoms with Gasteiger partial charge in [-0.15, -0.1) is 0 Å². The Morgan fingerprint density at radius 3 is 2.60 bits per heavy atom. The molecule has 1 heterocycles. The van der Waals surface area contributed by atoms with Crippen LogP contribution in [-0.2, 0) is 13.8 Å². The fraction of sp³-hybridized carbons (Fsp3) is 0.143. The number of hydrogen-bond acceptors (Lipinski definition) is 5. The number of aromatic nitrogens is 1. The van der Waals surface area contributed by atoms with E-state index in [2.05, 4.69) is 9.72 Å². The highest BCUT2D eigenvalue weighted by molar-refractivity contribution is 8.13. The van der Waals surface area contributed by atoms with Crippen molar-refractivity contribution in [1.29, 1.82) is 0 Å². The first kappa shape index (κ1) is 11.7. The lowest BCUT2D eigenvalue weighted by Gasteiger charge is -1.99. The van der Waals surface area contributed by atoms with Gasteiger partial charge in [-0.05, 0) is 6.07 Å². The Hall–Kier alpha value is -1.34. The second-order valence-corrected chi connectivity index (χ2v) is 5.07. The Morgan fingerprint density at radius 2 is 2.13 bits per heavy atom. The van der Waals surface area contributed by atoms with Crippen LogP contribution in [0.2, 0.25) is 0 Å². The molecule has 0 atom stereocenters. The Morgan fingerprint density at radius 1 is 1.53 bits per heavy atom. The SMILES string of the molecule is COC(=O)c1cc(S(=O)(=O)Cl)c[nH]c1=O. The van der Waals surface area contributed by atoms with Crippen LogP contribution in [0, 0.1) is 0 Å². The topological polar surface area (TPSA) is 93.3 Å². The maximum atomic E-state index is 11.1. The minimum absolute atomic E-state index is 0.371. The van der Waals surface area contributed by atoms with Crippen molar-refractivity contribution in [2.24, 2.45) is 0 Å². The zero-order valence-electron chi connectivity index (χ0n) is 7.48. The number of H-pyrrole nitrogens is 1. The Bertz CT molecular complexity index is 547. The van der Waals surface area contributed by atoms with E-state index in [1.165, 1.54) is 0 Å². The molecule has 0 aromatic carbocycles. The number of hydrogen-bond donors (Lipinski definition) is 1. The van der Waals surface area contributed by atoms with E-state index in [-0.39, 0.29) is 4.90 Å². The lowest BCUT2D eigenvalue weighted by Crippen LogP contribution is -2.19. The Balaban J connectivity index is 3.42. The highest BCUT2D eigenvalue weighted by atomic mass is 35.7. The first-order valence-corrected chi connectivity index (χ1v) is 5.93. The number of rotatable bonds is 2. The molecule has 0 unspecified atom stereocenters. The van der Waals surface area contributed by atoms with Gasteiger partial charge in [0.2, 0.25) is 0 Å². The molecule has 0 bridgehead atoms. The lowest BCUT2D eigenvalue weighted by molar-refractivity contribution is 0.0598. The number of ether oxygens (including phenoxy) is 1. The third kappa shape index (κ3) is 2.57. The molecule has 0 radical (unpaired) electrons. The van der Waals surface area contributed by atoms with E-state index in [1.807, 2.05) is 0 Å². The van der Waals surface area contributed by atoms with Gasteiger partial charge in [-0.25, -0.2) is 13.2 Å². The number of esters is 1. The van der Waals surface area contributed by atoms with Gasteiger partial charge in [-0.3, -0.25) is 4.79 Å². The average molecular weight is 252 g/mol. The van der Waals surface area contributed by atoms with Crippen LogP contribution in [0.3, 0.4) is 0 Å². The van der Waals surface area contributed by atoms with E-state index in [9.17, 15) is 18.0 Å². The first-order chi connectivity index (χ1) is 6.86. The van der Waals surface area contributed by atoms with Gasteiger partial charge in [-0.1, -0.05) is 0 Å². The molecule has 8 heteroatoms. The van der Waals surface area contributed by atoms with Crippen LogP contribution in [0.1, 0.15) is 10.4 Å². The Labute approximate surface area is 89.2 Å². The molecule has 0 spiro atoms. The van der Waals surface area contributed by atoms with Crippen LogP contribution in [0.25, 0.3) is 0 Å². The highest BCUT2D eigenvalue weighted by Crippen LogP contribution is 2.13. The molecule has 1 N–H and O–H groups in total. The van der Waals surface area contributed by atoms with Crippen molar-refractivity contribution < 1.29 is 17.9 Å². The zero-order valence-corrected chi connectivity index (χ0v) is 9.05. The van der Waals surface area contributed by atoms with Crippen LogP contribution >= 0.6 is 10.7 Å². The maximum absolute atomic E-state index is 11.1. The molecule has 0 amide bonds. The summed E-state index contributed by atoms with van der Waals surface area (Å²) < 4.78 is 26.1. The highest BCUT2D eigenvalue weighted by Gasteiger charge is 2.17. The van der Waals surface area contributed by atoms with Gasteiger partial charge >= 0.3 is 5.97 Å². The summed E-state index contributed by atoms with van der Waals surface area (Å²) in [5, 5.41) is 0. The molecule has 0 aliphatic carbocycles. The molecular weight excluding hydrogens is 246 g/mol. The number of carbonyl (C=O) groups is 1. The largest absolute Gasteiger partial charge is 0.465 e. The normalized spacial score (nSPS) is 11.1. The summed E-state index contributed by atoms with van der Waals surface area (Å²) >= 11 is 0. The summed E-state index contributed by atoms with van der Waals surface area (Å²) in [6, 6.07) is 0.854.